The number of nitriles is 1. The van der Waals surface area contributed by atoms with Crippen LogP contribution in [0.15, 0.2) is 70.9 Å². The van der Waals surface area contributed by atoms with Crippen molar-refractivity contribution in [3.63, 3.8) is 0 Å². The van der Waals surface area contributed by atoms with Gasteiger partial charge in [-0.05, 0) is 48.0 Å². The van der Waals surface area contributed by atoms with Crippen LogP contribution in [0, 0.1) is 21.4 Å². The number of halogens is 1. The van der Waals surface area contributed by atoms with Gasteiger partial charge in [-0.3, -0.25) is 10.1 Å². The molecule has 0 amide bonds. The molecule has 0 bridgehead atoms. The van der Waals surface area contributed by atoms with Gasteiger partial charge < -0.3 is 4.90 Å². The van der Waals surface area contributed by atoms with E-state index in [1.54, 1.807) is 35.3 Å². The molecule has 0 atom stereocenters. The van der Waals surface area contributed by atoms with Crippen molar-refractivity contribution in [1.29, 1.82) is 5.26 Å². The fourth-order valence-corrected chi connectivity index (χ4v) is 2.25. The van der Waals surface area contributed by atoms with E-state index in [0.29, 0.717) is 5.70 Å². The van der Waals surface area contributed by atoms with Gasteiger partial charge in [-0.2, -0.15) is 5.26 Å². The Kier molecular flexibility index (Phi) is 5.88. The number of nitro benzene ring substituents is 1. The summed E-state index contributed by atoms with van der Waals surface area (Å²) in [5, 5.41) is 19.9. The lowest BCUT2D eigenvalue weighted by molar-refractivity contribution is -0.384. The van der Waals surface area contributed by atoms with E-state index in [1.165, 1.54) is 12.1 Å². The largest absolute Gasteiger partial charge is 0.336 e. The Hall–Kier alpha value is -2.91. The molecule has 0 aliphatic heterocycles. The molecule has 0 spiro atoms. The molecule has 0 heterocycles. The Morgan fingerprint density at radius 2 is 1.83 bits per heavy atom. The molecule has 120 valence electrons. The van der Waals surface area contributed by atoms with Crippen LogP contribution in [0.25, 0.3) is 6.08 Å². The second-order valence-electron chi connectivity index (χ2n) is 4.91. The molecular weight excluding hydrogens is 370 g/mol. The highest BCUT2D eigenvalue weighted by Crippen LogP contribution is 2.20. The summed E-state index contributed by atoms with van der Waals surface area (Å²) in [7, 11) is 1.82. The van der Waals surface area contributed by atoms with E-state index in [1.807, 2.05) is 31.3 Å². The van der Waals surface area contributed by atoms with Gasteiger partial charge in [0.1, 0.15) is 11.8 Å². The van der Waals surface area contributed by atoms with Crippen molar-refractivity contribution in [2.75, 3.05) is 11.9 Å². The zero-order chi connectivity index (χ0) is 17.5. The summed E-state index contributed by atoms with van der Waals surface area (Å²) in [5.74, 6) is 0. The van der Waals surface area contributed by atoms with Crippen molar-refractivity contribution in [2.45, 2.75) is 0 Å². The number of anilines is 1. The predicted octanol–water partition coefficient (Wildman–Crippen LogP) is 4.91. The first-order valence-electron chi connectivity index (χ1n) is 7.03. The number of hydrogen-bond acceptors (Lipinski definition) is 4. The minimum atomic E-state index is -0.436. The smallest absolute Gasteiger partial charge is 0.269 e. The molecular formula is C18H14BrN3O2. The molecule has 2 aromatic rings. The Morgan fingerprint density at radius 3 is 2.38 bits per heavy atom. The third-order valence-corrected chi connectivity index (χ3v) is 3.87. The van der Waals surface area contributed by atoms with E-state index < -0.39 is 4.92 Å². The third-order valence-electron chi connectivity index (χ3n) is 3.34. The fourth-order valence-electron chi connectivity index (χ4n) is 1.99. The number of rotatable bonds is 5. The molecule has 5 nitrogen and oxygen atoms in total. The van der Waals surface area contributed by atoms with Crippen molar-refractivity contribution in [1.82, 2.24) is 0 Å². The van der Waals surface area contributed by atoms with Crippen molar-refractivity contribution >= 4 is 33.4 Å². The molecule has 0 N–H and O–H groups in total. The summed E-state index contributed by atoms with van der Waals surface area (Å²) in [6.45, 7) is 0. The van der Waals surface area contributed by atoms with E-state index in [2.05, 4.69) is 22.0 Å². The summed E-state index contributed by atoms with van der Waals surface area (Å²) in [5.41, 5.74) is 2.25. The molecule has 0 radical (unpaired) electrons. The number of benzene rings is 2. The average Bonchev–Trinajstić information content (AvgIpc) is 2.59. The van der Waals surface area contributed by atoms with Crippen LogP contribution in [-0.2, 0) is 0 Å². The Labute approximate surface area is 148 Å². The second-order valence-corrected chi connectivity index (χ2v) is 5.82. The average molecular weight is 384 g/mol. The molecule has 2 aromatic carbocycles. The summed E-state index contributed by atoms with van der Waals surface area (Å²) < 4.78 is 0.972. The first-order valence-corrected chi connectivity index (χ1v) is 7.83. The number of hydrogen-bond donors (Lipinski definition) is 0. The van der Waals surface area contributed by atoms with Gasteiger partial charge >= 0.3 is 0 Å². The van der Waals surface area contributed by atoms with E-state index in [-0.39, 0.29) is 5.69 Å². The number of nitrogens with zero attached hydrogens (tertiary/aromatic N) is 3. The maximum Gasteiger partial charge on any atom is 0.269 e. The highest BCUT2D eigenvalue weighted by Gasteiger charge is 2.05. The molecule has 0 saturated heterocycles. The van der Waals surface area contributed by atoms with E-state index >= 15 is 0 Å². The minimum Gasteiger partial charge on any atom is -0.336 e. The van der Waals surface area contributed by atoms with Gasteiger partial charge in [-0.15, -0.1) is 0 Å². The Bertz CT molecular complexity index is 819. The van der Waals surface area contributed by atoms with Gasteiger partial charge in [-0.1, -0.05) is 28.1 Å². The Balaban J connectivity index is 2.13. The molecule has 0 aromatic heterocycles. The van der Waals surface area contributed by atoms with Crippen LogP contribution in [0.1, 0.15) is 5.56 Å². The fraction of sp³-hybridized carbons (Fsp3) is 0.0556. The number of nitro groups is 1. The zero-order valence-electron chi connectivity index (χ0n) is 12.9. The molecule has 0 fully saturated rings. The third kappa shape index (κ3) is 4.54. The monoisotopic (exact) mass is 383 g/mol. The Morgan fingerprint density at radius 1 is 1.21 bits per heavy atom. The summed E-state index contributed by atoms with van der Waals surface area (Å²) in [6, 6.07) is 16.0. The van der Waals surface area contributed by atoms with Crippen LogP contribution in [-0.4, -0.2) is 12.0 Å². The summed E-state index contributed by atoms with van der Waals surface area (Å²) in [4.78, 5) is 12.0. The first kappa shape index (κ1) is 17.4. The number of allylic oxidation sites excluding steroid dienone is 3. The maximum absolute atomic E-state index is 10.6. The molecule has 2 rings (SSSR count). The first-order chi connectivity index (χ1) is 11.5. The van der Waals surface area contributed by atoms with Gasteiger partial charge in [0, 0.05) is 29.3 Å². The van der Waals surface area contributed by atoms with Crippen molar-refractivity contribution in [3.8, 4) is 6.07 Å². The standard InChI is InChI=1S/C18H14BrN3O2/c1-21(16-11-7-15(19)8-12-16)18(13-20)4-2-3-14-5-9-17(10-6-14)22(23)24/h2-12H,1H3/b3-2+,18-4-. The molecule has 6 heteroatoms. The highest BCUT2D eigenvalue weighted by molar-refractivity contribution is 9.10. The van der Waals surface area contributed by atoms with Gasteiger partial charge in [0.15, 0.2) is 0 Å². The minimum absolute atomic E-state index is 0.0513. The normalized spacial score (nSPS) is 11.3. The van der Waals surface area contributed by atoms with Crippen LogP contribution in [0.2, 0.25) is 0 Å². The van der Waals surface area contributed by atoms with Gasteiger partial charge in [0.05, 0.1) is 4.92 Å². The van der Waals surface area contributed by atoms with E-state index in [9.17, 15) is 15.4 Å². The molecule has 0 saturated carbocycles. The van der Waals surface area contributed by atoms with Crippen LogP contribution >= 0.6 is 15.9 Å². The molecule has 0 unspecified atom stereocenters. The van der Waals surface area contributed by atoms with E-state index in [0.717, 1.165) is 15.7 Å². The van der Waals surface area contributed by atoms with Gasteiger partial charge in [0.2, 0.25) is 0 Å². The molecule has 0 aliphatic rings. The topological polar surface area (TPSA) is 70.2 Å². The number of non-ortho nitro benzene ring substituents is 1. The predicted molar refractivity (Wildman–Crippen MR) is 98.4 cm³/mol. The SMILES string of the molecule is CN(/C(C#N)=C\C=C\c1ccc([N+](=O)[O-])cc1)c1ccc(Br)cc1. The molecule has 0 aliphatic carbocycles. The van der Waals surface area contributed by atoms with E-state index in [4.69, 9.17) is 0 Å². The highest BCUT2D eigenvalue weighted by atomic mass is 79.9. The van der Waals surface area contributed by atoms with Crippen molar-refractivity contribution in [2.24, 2.45) is 0 Å². The van der Waals surface area contributed by atoms with Crippen LogP contribution in [0.3, 0.4) is 0 Å². The summed E-state index contributed by atoms with van der Waals surface area (Å²) >= 11 is 3.38. The lowest BCUT2D eigenvalue weighted by Crippen LogP contribution is -2.14. The lowest BCUT2D eigenvalue weighted by Gasteiger charge is -2.17. The zero-order valence-corrected chi connectivity index (χ0v) is 14.5. The summed E-state index contributed by atoms with van der Waals surface area (Å²) in [6.07, 6.45) is 5.23. The van der Waals surface area contributed by atoms with Crippen LogP contribution in [0.5, 0.6) is 0 Å². The maximum atomic E-state index is 10.6. The quantitative estimate of drug-likeness (QED) is 0.318. The molecule has 24 heavy (non-hydrogen) atoms. The van der Waals surface area contributed by atoms with Crippen LogP contribution in [0.4, 0.5) is 11.4 Å². The van der Waals surface area contributed by atoms with Gasteiger partial charge in [0.25, 0.3) is 5.69 Å². The van der Waals surface area contributed by atoms with Crippen molar-refractivity contribution < 1.29 is 4.92 Å². The van der Waals surface area contributed by atoms with Gasteiger partial charge in [-0.25, -0.2) is 0 Å². The van der Waals surface area contributed by atoms with Crippen LogP contribution < -0.4 is 4.90 Å². The van der Waals surface area contributed by atoms with Crippen molar-refractivity contribution in [3.05, 3.63) is 86.5 Å². The lowest BCUT2D eigenvalue weighted by atomic mass is 10.2. The second kappa shape index (κ2) is 8.09.